The van der Waals surface area contributed by atoms with Crippen LogP contribution in [0, 0.1) is 5.41 Å². The van der Waals surface area contributed by atoms with Crippen LogP contribution < -0.4 is 0 Å². The zero-order chi connectivity index (χ0) is 7.78. The molecule has 1 rings (SSSR count). The Bertz CT molecular complexity index is 191. The van der Waals surface area contributed by atoms with E-state index in [1.54, 1.807) is 0 Å². The lowest BCUT2D eigenvalue weighted by Gasteiger charge is -2.18. The molecule has 56 valence electrons. The first-order valence-electron chi connectivity index (χ1n) is 3.74. The molecule has 0 aromatic rings. The van der Waals surface area contributed by atoms with Crippen LogP contribution in [0.4, 0.5) is 0 Å². The minimum atomic E-state index is 0.233. The lowest BCUT2D eigenvalue weighted by atomic mass is 9.90. The molecule has 0 saturated heterocycles. The average Bonchev–Trinajstić information content (AvgIpc) is 2.11. The Labute approximate surface area is 62.9 Å². The van der Waals surface area contributed by atoms with Gasteiger partial charge in [-0.2, -0.15) is 0 Å². The van der Waals surface area contributed by atoms with Gasteiger partial charge in [-0.15, -0.1) is 0 Å². The van der Waals surface area contributed by atoms with Gasteiger partial charge >= 0.3 is 0 Å². The largest absolute Gasteiger partial charge is 0.265 e. The number of hydrogen-bond donors (Lipinski definition) is 0. The maximum absolute atomic E-state index is 4.34. The third-order valence-corrected chi connectivity index (χ3v) is 1.73. The van der Waals surface area contributed by atoms with Crippen molar-refractivity contribution in [3.05, 3.63) is 11.3 Å². The molecule has 0 aromatic carbocycles. The summed E-state index contributed by atoms with van der Waals surface area (Å²) in [5, 5.41) is 0. The Morgan fingerprint density at radius 1 is 1.40 bits per heavy atom. The van der Waals surface area contributed by atoms with Crippen molar-refractivity contribution in [3.63, 3.8) is 0 Å². The Morgan fingerprint density at radius 3 is 2.20 bits per heavy atom. The van der Waals surface area contributed by atoms with Crippen molar-refractivity contribution in [1.82, 2.24) is 0 Å². The second-order valence-electron chi connectivity index (χ2n) is 3.89. The molecule has 10 heavy (non-hydrogen) atoms. The predicted octanol–water partition coefficient (Wildman–Crippen LogP) is 2.78. The van der Waals surface area contributed by atoms with Gasteiger partial charge in [0, 0.05) is 23.7 Å². The fourth-order valence-electron chi connectivity index (χ4n) is 1.31. The SMILES string of the molecule is CC1=C(C(C)(C)C)N=CC1. The molecule has 0 radical (unpaired) electrons. The van der Waals surface area contributed by atoms with E-state index < -0.39 is 0 Å². The van der Waals surface area contributed by atoms with E-state index in [0.29, 0.717) is 0 Å². The first-order valence-corrected chi connectivity index (χ1v) is 3.74. The van der Waals surface area contributed by atoms with Gasteiger partial charge in [0.1, 0.15) is 0 Å². The van der Waals surface area contributed by atoms with Crippen LogP contribution in [0.15, 0.2) is 16.3 Å². The maximum Gasteiger partial charge on any atom is 0.0446 e. The molecule has 1 heterocycles. The highest BCUT2D eigenvalue weighted by atomic mass is 14.8. The zero-order valence-corrected chi connectivity index (χ0v) is 7.23. The Kier molecular flexibility index (Phi) is 1.67. The first-order chi connectivity index (χ1) is 4.52. The van der Waals surface area contributed by atoms with E-state index in [2.05, 4.69) is 32.7 Å². The summed E-state index contributed by atoms with van der Waals surface area (Å²) in [6.45, 7) is 8.77. The van der Waals surface area contributed by atoms with Crippen LogP contribution >= 0.6 is 0 Å². The third-order valence-electron chi connectivity index (χ3n) is 1.73. The molecule has 0 aromatic heterocycles. The van der Waals surface area contributed by atoms with Crippen LogP contribution in [0.25, 0.3) is 0 Å². The predicted molar refractivity (Wildman–Crippen MR) is 45.3 cm³/mol. The normalized spacial score (nSPS) is 18.8. The van der Waals surface area contributed by atoms with Gasteiger partial charge in [0.2, 0.25) is 0 Å². The number of aliphatic imine (C=N–C) groups is 1. The summed E-state index contributed by atoms with van der Waals surface area (Å²) in [6.07, 6.45) is 3.04. The molecule has 0 N–H and O–H groups in total. The van der Waals surface area contributed by atoms with Crippen LogP contribution in [0.3, 0.4) is 0 Å². The highest BCUT2D eigenvalue weighted by molar-refractivity contribution is 5.67. The summed E-state index contributed by atoms with van der Waals surface area (Å²) in [5.74, 6) is 0. The molecule has 0 bridgehead atoms. The van der Waals surface area contributed by atoms with Crippen LogP contribution in [0.2, 0.25) is 0 Å². The van der Waals surface area contributed by atoms with Crippen molar-refractivity contribution >= 4 is 6.21 Å². The average molecular weight is 137 g/mol. The van der Waals surface area contributed by atoms with Gasteiger partial charge in [-0.25, -0.2) is 0 Å². The van der Waals surface area contributed by atoms with Crippen molar-refractivity contribution in [2.24, 2.45) is 10.4 Å². The van der Waals surface area contributed by atoms with Gasteiger partial charge < -0.3 is 0 Å². The van der Waals surface area contributed by atoms with E-state index in [1.165, 1.54) is 11.3 Å². The number of allylic oxidation sites excluding steroid dienone is 2. The molecule has 0 saturated carbocycles. The molecule has 1 heteroatoms. The maximum atomic E-state index is 4.34. The third kappa shape index (κ3) is 1.28. The summed E-state index contributed by atoms with van der Waals surface area (Å²) >= 11 is 0. The van der Waals surface area contributed by atoms with E-state index in [0.717, 1.165) is 6.42 Å². The van der Waals surface area contributed by atoms with Gasteiger partial charge in [-0.05, 0) is 12.5 Å². The van der Waals surface area contributed by atoms with Crippen molar-refractivity contribution < 1.29 is 0 Å². The van der Waals surface area contributed by atoms with Crippen molar-refractivity contribution in [2.45, 2.75) is 34.1 Å². The number of nitrogens with zero attached hydrogens (tertiary/aromatic N) is 1. The monoisotopic (exact) mass is 137 g/mol. The van der Waals surface area contributed by atoms with Crippen molar-refractivity contribution in [1.29, 1.82) is 0 Å². The minimum Gasteiger partial charge on any atom is -0.265 e. The molecule has 0 unspecified atom stereocenters. The van der Waals surface area contributed by atoms with Gasteiger partial charge in [0.15, 0.2) is 0 Å². The molecular weight excluding hydrogens is 122 g/mol. The second-order valence-corrected chi connectivity index (χ2v) is 3.89. The van der Waals surface area contributed by atoms with Gasteiger partial charge in [-0.1, -0.05) is 20.8 Å². The quantitative estimate of drug-likeness (QED) is 0.487. The molecule has 1 aliphatic heterocycles. The summed E-state index contributed by atoms with van der Waals surface area (Å²) in [6, 6.07) is 0. The molecule has 0 atom stereocenters. The van der Waals surface area contributed by atoms with Crippen LogP contribution in [-0.4, -0.2) is 6.21 Å². The molecule has 1 aliphatic rings. The van der Waals surface area contributed by atoms with Gasteiger partial charge in [0.05, 0.1) is 0 Å². The Hall–Kier alpha value is -0.590. The van der Waals surface area contributed by atoms with E-state index in [9.17, 15) is 0 Å². The molecule has 0 spiro atoms. The standard InChI is InChI=1S/C9H15N/c1-7-5-6-10-8(7)9(2,3)4/h6H,5H2,1-4H3. The highest BCUT2D eigenvalue weighted by Gasteiger charge is 2.20. The fourth-order valence-corrected chi connectivity index (χ4v) is 1.31. The zero-order valence-electron chi connectivity index (χ0n) is 7.23. The summed E-state index contributed by atoms with van der Waals surface area (Å²) in [7, 11) is 0. The van der Waals surface area contributed by atoms with E-state index in [4.69, 9.17) is 0 Å². The molecule has 0 fully saturated rings. The lowest BCUT2D eigenvalue weighted by Crippen LogP contribution is -2.07. The minimum absolute atomic E-state index is 0.233. The summed E-state index contributed by atoms with van der Waals surface area (Å²) < 4.78 is 0. The van der Waals surface area contributed by atoms with Crippen LogP contribution in [-0.2, 0) is 0 Å². The number of hydrogen-bond acceptors (Lipinski definition) is 1. The summed E-state index contributed by atoms with van der Waals surface area (Å²) in [5.41, 5.74) is 2.93. The first kappa shape index (κ1) is 7.52. The van der Waals surface area contributed by atoms with Crippen molar-refractivity contribution in [2.75, 3.05) is 0 Å². The van der Waals surface area contributed by atoms with E-state index in [-0.39, 0.29) is 5.41 Å². The lowest BCUT2D eigenvalue weighted by molar-refractivity contribution is 0.495. The second kappa shape index (κ2) is 2.22. The topological polar surface area (TPSA) is 12.4 Å². The van der Waals surface area contributed by atoms with E-state index >= 15 is 0 Å². The molecule has 0 aliphatic carbocycles. The summed E-state index contributed by atoms with van der Waals surface area (Å²) in [4.78, 5) is 4.34. The fraction of sp³-hybridized carbons (Fsp3) is 0.667. The van der Waals surface area contributed by atoms with Crippen LogP contribution in [0.1, 0.15) is 34.1 Å². The van der Waals surface area contributed by atoms with Gasteiger partial charge in [-0.3, -0.25) is 4.99 Å². The molecular formula is C9H15N. The van der Waals surface area contributed by atoms with E-state index in [1.807, 2.05) is 6.21 Å². The molecule has 0 amide bonds. The van der Waals surface area contributed by atoms with Crippen LogP contribution in [0.5, 0.6) is 0 Å². The number of rotatable bonds is 0. The van der Waals surface area contributed by atoms with Crippen molar-refractivity contribution in [3.8, 4) is 0 Å². The van der Waals surface area contributed by atoms with Gasteiger partial charge in [0.25, 0.3) is 0 Å². The molecule has 1 nitrogen and oxygen atoms in total. The smallest absolute Gasteiger partial charge is 0.0446 e. The Balaban J connectivity index is 2.91. The Morgan fingerprint density at radius 2 is 2.00 bits per heavy atom. The highest BCUT2D eigenvalue weighted by Crippen LogP contribution is 2.32.